The van der Waals surface area contributed by atoms with Crippen molar-refractivity contribution in [1.82, 2.24) is 9.55 Å². The number of hydrogen-bond acceptors (Lipinski definition) is 3. The van der Waals surface area contributed by atoms with Crippen LogP contribution in [-0.2, 0) is 5.41 Å². The standard InChI is InChI=1S/C38H30BN3SSe/c1-23-20-30-33-32(21-23)44-35-27-12-8-9-13-29(27)42(26-16-18-40-19-17-26)36(35)39(33)37-34(41(30)25-10-6-5-7-11-25)28-15-14-24(38(2,3)4)22-31(28)43-37/h5-22H,1-4H3. The van der Waals surface area contributed by atoms with Gasteiger partial charge in [-0.2, -0.15) is 0 Å². The topological polar surface area (TPSA) is 21.1 Å². The third-order valence-electron chi connectivity index (χ3n) is 9.12. The van der Waals surface area contributed by atoms with Crippen molar-refractivity contribution in [3.05, 3.63) is 121 Å². The molecule has 0 bridgehead atoms. The van der Waals surface area contributed by atoms with Crippen LogP contribution in [0.25, 0.3) is 26.7 Å². The Morgan fingerprint density at radius 3 is 2.36 bits per heavy atom. The molecule has 6 heteroatoms. The van der Waals surface area contributed by atoms with Crippen molar-refractivity contribution >= 4 is 95.8 Å². The second-order valence-corrected chi connectivity index (χ2v) is 16.2. The summed E-state index contributed by atoms with van der Waals surface area (Å²) in [5, 5.41) is 2.70. The molecule has 0 radical (unpaired) electrons. The van der Waals surface area contributed by atoms with Crippen LogP contribution in [0.2, 0.25) is 0 Å². The Morgan fingerprint density at radius 2 is 1.57 bits per heavy atom. The summed E-state index contributed by atoms with van der Waals surface area (Å²) in [5.41, 5.74) is 12.0. The Morgan fingerprint density at radius 1 is 0.795 bits per heavy atom. The summed E-state index contributed by atoms with van der Waals surface area (Å²) in [6.45, 7) is 9.33. The van der Waals surface area contributed by atoms with E-state index in [0.29, 0.717) is 0 Å². The molecule has 0 saturated carbocycles. The number of pyridine rings is 1. The zero-order valence-electron chi connectivity index (χ0n) is 25.1. The molecular formula is C38H30BN3SSe. The molecule has 0 fully saturated rings. The molecule has 0 aliphatic carbocycles. The van der Waals surface area contributed by atoms with Crippen molar-refractivity contribution in [2.45, 2.75) is 33.1 Å². The molecule has 9 rings (SSSR count). The van der Waals surface area contributed by atoms with Gasteiger partial charge in [-0.25, -0.2) is 0 Å². The summed E-state index contributed by atoms with van der Waals surface area (Å²) in [6.07, 6.45) is 3.84. The minimum absolute atomic E-state index is 0.0827. The van der Waals surface area contributed by atoms with Crippen LogP contribution in [-0.4, -0.2) is 31.2 Å². The van der Waals surface area contributed by atoms with Crippen molar-refractivity contribution < 1.29 is 0 Å². The van der Waals surface area contributed by atoms with Crippen LogP contribution >= 0.6 is 11.3 Å². The molecule has 3 nitrogen and oxygen atoms in total. The van der Waals surface area contributed by atoms with Crippen LogP contribution in [0.5, 0.6) is 0 Å². The molecule has 2 aliphatic heterocycles. The fourth-order valence-corrected chi connectivity index (χ4v) is 11.4. The van der Waals surface area contributed by atoms with Gasteiger partial charge in [0.2, 0.25) is 0 Å². The number of rotatable bonds is 2. The fourth-order valence-electron chi connectivity index (χ4n) is 7.14. The quantitative estimate of drug-likeness (QED) is 0.211. The van der Waals surface area contributed by atoms with Crippen LogP contribution in [0, 0.1) is 6.92 Å². The van der Waals surface area contributed by atoms with Gasteiger partial charge >= 0.3 is 270 Å². The van der Waals surface area contributed by atoms with Gasteiger partial charge in [0.25, 0.3) is 0 Å². The third-order valence-corrected chi connectivity index (χ3v) is 12.8. The van der Waals surface area contributed by atoms with Gasteiger partial charge in [0.15, 0.2) is 0 Å². The molecule has 2 aliphatic rings. The number of anilines is 3. The first-order valence-corrected chi connectivity index (χ1v) is 17.7. The molecular weight excluding hydrogens is 620 g/mol. The number of fused-ring (bicyclic) bond motifs is 8. The van der Waals surface area contributed by atoms with Gasteiger partial charge in [-0.3, -0.25) is 0 Å². The van der Waals surface area contributed by atoms with Gasteiger partial charge in [-0.1, -0.05) is 0 Å². The summed E-state index contributed by atoms with van der Waals surface area (Å²) >= 11 is 2.15. The van der Waals surface area contributed by atoms with Gasteiger partial charge in [0, 0.05) is 0 Å². The van der Waals surface area contributed by atoms with Gasteiger partial charge in [-0.05, 0) is 0 Å². The molecule has 212 valence electrons. The number of thiophene rings is 1. The van der Waals surface area contributed by atoms with E-state index >= 15 is 0 Å². The zero-order valence-corrected chi connectivity index (χ0v) is 27.7. The van der Waals surface area contributed by atoms with Crippen molar-refractivity contribution in [2.24, 2.45) is 0 Å². The Kier molecular flexibility index (Phi) is 5.66. The number of para-hydroxylation sites is 2. The fraction of sp³-hybridized carbons (Fsp3) is 0.132. The molecule has 0 spiro atoms. The van der Waals surface area contributed by atoms with Crippen molar-refractivity contribution in [3.8, 4) is 5.69 Å². The molecule has 3 aromatic heterocycles. The number of aromatic nitrogens is 2. The zero-order chi connectivity index (χ0) is 29.7. The summed E-state index contributed by atoms with van der Waals surface area (Å²) in [4.78, 5) is 6.94. The number of hydrogen-bond donors (Lipinski definition) is 0. The maximum absolute atomic E-state index is 4.38. The monoisotopic (exact) mass is 651 g/mol. The van der Waals surface area contributed by atoms with Crippen LogP contribution in [0.3, 0.4) is 0 Å². The Bertz CT molecular complexity index is 2260. The average Bonchev–Trinajstić information content (AvgIpc) is 3.57. The normalized spacial score (nSPS) is 13.7. The third kappa shape index (κ3) is 3.72. The molecule has 0 atom stereocenters. The van der Waals surface area contributed by atoms with E-state index in [0.717, 1.165) is 0 Å². The molecule has 0 N–H and O–H groups in total. The summed E-state index contributed by atoms with van der Waals surface area (Å²) in [6, 6.07) is 36.4. The predicted molar refractivity (Wildman–Crippen MR) is 191 cm³/mol. The van der Waals surface area contributed by atoms with Gasteiger partial charge in [0.05, 0.1) is 0 Å². The van der Waals surface area contributed by atoms with Crippen LogP contribution < -0.4 is 29.7 Å². The molecule has 0 amide bonds. The summed E-state index contributed by atoms with van der Waals surface area (Å²) < 4.78 is 8.34. The minimum atomic E-state index is 0.0827. The predicted octanol–water partition coefficient (Wildman–Crippen LogP) is 6.11. The summed E-state index contributed by atoms with van der Waals surface area (Å²) in [5.74, 6) is 0. The van der Waals surface area contributed by atoms with Crippen molar-refractivity contribution in [1.29, 1.82) is 0 Å². The van der Waals surface area contributed by atoms with Crippen molar-refractivity contribution in [2.75, 3.05) is 4.90 Å². The van der Waals surface area contributed by atoms with E-state index in [4.69, 9.17) is 0 Å². The molecule has 0 unspecified atom stereocenters. The summed E-state index contributed by atoms with van der Waals surface area (Å²) in [7, 11) is 0. The number of aryl methyl sites for hydroxylation is 1. The first-order chi connectivity index (χ1) is 21.4. The van der Waals surface area contributed by atoms with E-state index in [-0.39, 0.29) is 27.1 Å². The first kappa shape index (κ1) is 26.3. The number of benzene rings is 4. The molecule has 44 heavy (non-hydrogen) atoms. The Labute approximate surface area is 268 Å². The van der Waals surface area contributed by atoms with Gasteiger partial charge in [-0.15, -0.1) is 0 Å². The maximum atomic E-state index is 4.38. The van der Waals surface area contributed by atoms with Crippen LogP contribution in [0.15, 0.2) is 109 Å². The average molecular weight is 651 g/mol. The molecule has 4 aromatic carbocycles. The molecule has 7 aromatic rings. The van der Waals surface area contributed by atoms with E-state index in [1.807, 2.05) is 23.7 Å². The van der Waals surface area contributed by atoms with E-state index in [1.54, 1.807) is 0 Å². The molecule has 0 saturated heterocycles. The first-order valence-electron chi connectivity index (χ1n) is 15.2. The van der Waals surface area contributed by atoms with Crippen molar-refractivity contribution in [3.63, 3.8) is 0 Å². The Balaban J connectivity index is 1.44. The molecule has 5 heterocycles. The number of nitrogens with zero attached hydrogens (tertiary/aromatic N) is 3. The second-order valence-electron chi connectivity index (χ2n) is 13.0. The SMILES string of the molecule is Cc1cc2c3c(c1)N(c1ccccc1)c1c(sc4cc(C(C)(C)C)ccc14)B3c1c(c3ccccc3n1-c1ccncc1)[Se]2. The van der Waals surface area contributed by atoms with Gasteiger partial charge in [0.1, 0.15) is 0 Å². The second kappa shape index (κ2) is 9.46. The Hall–Kier alpha value is -4.09. The van der Waals surface area contributed by atoms with E-state index in [9.17, 15) is 0 Å². The van der Waals surface area contributed by atoms with E-state index < -0.39 is 0 Å². The van der Waals surface area contributed by atoms with Gasteiger partial charge < -0.3 is 0 Å². The van der Waals surface area contributed by atoms with Crippen LogP contribution in [0.1, 0.15) is 31.9 Å². The van der Waals surface area contributed by atoms with E-state index in [2.05, 4.69) is 139 Å². The van der Waals surface area contributed by atoms with E-state index in [1.165, 1.54) is 79.6 Å². The van der Waals surface area contributed by atoms with Crippen LogP contribution in [0.4, 0.5) is 17.1 Å².